The lowest BCUT2D eigenvalue weighted by Crippen LogP contribution is -2.01. The first-order valence-electron chi connectivity index (χ1n) is 6.07. The van der Waals surface area contributed by atoms with Gasteiger partial charge in [0.25, 0.3) is 0 Å². The number of rotatable bonds is 4. The van der Waals surface area contributed by atoms with Gasteiger partial charge in [-0.2, -0.15) is 10.5 Å². The van der Waals surface area contributed by atoms with E-state index < -0.39 is 5.82 Å². The van der Waals surface area contributed by atoms with Crippen molar-refractivity contribution in [3.63, 3.8) is 0 Å². The average molecular weight is 282 g/mol. The lowest BCUT2D eigenvalue weighted by atomic mass is 10.1. The van der Waals surface area contributed by atoms with Gasteiger partial charge in [-0.05, 0) is 30.3 Å². The summed E-state index contributed by atoms with van der Waals surface area (Å²) in [4.78, 5) is 0. The van der Waals surface area contributed by atoms with Crippen LogP contribution in [0.5, 0.6) is 11.5 Å². The third kappa shape index (κ3) is 3.29. The van der Waals surface area contributed by atoms with Crippen molar-refractivity contribution in [2.24, 2.45) is 0 Å². The molecule has 0 N–H and O–H groups in total. The third-order valence-corrected chi connectivity index (χ3v) is 2.86. The molecule has 0 aromatic heterocycles. The summed E-state index contributed by atoms with van der Waals surface area (Å²) in [6, 6.07) is 12.6. The molecule has 0 heterocycles. The largest absolute Gasteiger partial charge is 0.493 e. The SMILES string of the molecule is COc1cc(C#N)ccc1OCc1cc(F)ccc1C#N. The van der Waals surface area contributed by atoms with Crippen LogP contribution in [0.1, 0.15) is 16.7 Å². The Morgan fingerprint density at radius 2 is 1.86 bits per heavy atom. The Kier molecular flexibility index (Phi) is 4.38. The molecule has 0 atom stereocenters. The van der Waals surface area contributed by atoms with Crippen molar-refractivity contribution in [3.05, 3.63) is 58.9 Å². The van der Waals surface area contributed by atoms with E-state index in [1.54, 1.807) is 18.2 Å². The quantitative estimate of drug-likeness (QED) is 0.864. The van der Waals surface area contributed by atoms with E-state index in [2.05, 4.69) is 0 Å². The second-order valence-corrected chi connectivity index (χ2v) is 4.18. The summed E-state index contributed by atoms with van der Waals surface area (Å²) in [5.41, 5.74) is 1.25. The summed E-state index contributed by atoms with van der Waals surface area (Å²) in [6.07, 6.45) is 0. The molecule has 5 heteroatoms. The van der Waals surface area contributed by atoms with Crippen molar-refractivity contribution < 1.29 is 13.9 Å². The van der Waals surface area contributed by atoms with E-state index in [1.165, 1.54) is 25.3 Å². The molecule has 21 heavy (non-hydrogen) atoms. The number of halogens is 1. The molecule has 0 unspecified atom stereocenters. The highest BCUT2D eigenvalue weighted by Crippen LogP contribution is 2.28. The summed E-state index contributed by atoms with van der Waals surface area (Å²) in [6.45, 7) is 0.0307. The second-order valence-electron chi connectivity index (χ2n) is 4.18. The zero-order chi connectivity index (χ0) is 15.2. The molecule has 0 aliphatic heterocycles. The minimum atomic E-state index is -0.431. The number of hydrogen-bond donors (Lipinski definition) is 0. The Balaban J connectivity index is 2.23. The van der Waals surface area contributed by atoms with Gasteiger partial charge in [0.1, 0.15) is 12.4 Å². The van der Waals surface area contributed by atoms with Crippen LogP contribution in [-0.2, 0) is 6.61 Å². The van der Waals surface area contributed by atoms with Crippen molar-refractivity contribution in [3.8, 4) is 23.6 Å². The van der Waals surface area contributed by atoms with E-state index >= 15 is 0 Å². The van der Waals surface area contributed by atoms with Crippen LogP contribution in [0.25, 0.3) is 0 Å². The first-order chi connectivity index (χ1) is 10.2. The van der Waals surface area contributed by atoms with Crippen molar-refractivity contribution in [1.82, 2.24) is 0 Å². The first-order valence-corrected chi connectivity index (χ1v) is 6.07. The fraction of sp³-hybridized carbons (Fsp3) is 0.125. The normalized spacial score (nSPS) is 9.52. The molecule has 2 rings (SSSR count). The fourth-order valence-corrected chi connectivity index (χ4v) is 1.80. The van der Waals surface area contributed by atoms with Gasteiger partial charge in [-0.25, -0.2) is 4.39 Å². The van der Waals surface area contributed by atoms with E-state index in [0.717, 1.165) is 0 Å². The molecular weight excluding hydrogens is 271 g/mol. The maximum absolute atomic E-state index is 13.2. The fourth-order valence-electron chi connectivity index (χ4n) is 1.80. The number of hydrogen-bond acceptors (Lipinski definition) is 4. The van der Waals surface area contributed by atoms with Gasteiger partial charge in [0.15, 0.2) is 11.5 Å². The van der Waals surface area contributed by atoms with Crippen LogP contribution in [0.4, 0.5) is 4.39 Å². The van der Waals surface area contributed by atoms with Crippen LogP contribution >= 0.6 is 0 Å². The number of nitriles is 2. The van der Waals surface area contributed by atoms with E-state index in [-0.39, 0.29) is 6.61 Å². The maximum atomic E-state index is 13.2. The monoisotopic (exact) mass is 282 g/mol. The van der Waals surface area contributed by atoms with E-state index in [4.69, 9.17) is 20.0 Å². The summed E-state index contributed by atoms with van der Waals surface area (Å²) in [7, 11) is 1.46. The number of nitrogens with zero attached hydrogens (tertiary/aromatic N) is 2. The molecule has 0 saturated carbocycles. The molecule has 104 valence electrons. The smallest absolute Gasteiger partial charge is 0.162 e. The Bertz CT molecular complexity index is 745. The number of methoxy groups -OCH3 is 1. The van der Waals surface area contributed by atoms with Crippen LogP contribution in [0, 0.1) is 28.5 Å². The summed E-state index contributed by atoms with van der Waals surface area (Å²) in [5.74, 6) is 0.396. The molecule has 0 saturated heterocycles. The Morgan fingerprint density at radius 1 is 1.05 bits per heavy atom. The minimum absolute atomic E-state index is 0.0307. The Hall–Kier alpha value is -3.05. The van der Waals surface area contributed by atoms with Crippen LogP contribution in [0.2, 0.25) is 0 Å². The molecular formula is C16H11FN2O2. The topological polar surface area (TPSA) is 66.0 Å². The first kappa shape index (κ1) is 14.4. The molecule has 0 aliphatic carbocycles. The van der Waals surface area contributed by atoms with Crippen LogP contribution in [-0.4, -0.2) is 7.11 Å². The van der Waals surface area contributed by atoms with Crippen molar-refractivity contribution in [1.29, 1.82) is 10.5 Å². The van der Waals surface area contributed by atoms with Gasteiger partial charge in [0, 0.05) is 11.6 Å². The maximum Gasteiger partial charge on any atom is 0.162 e. The van der Waals surface area contributed by atoms with Gasteiger partial charge in [0.05, 0.1) is 30.4 Å². The Labute approximate surface area is 121 Å². The number of ether oxygens (including phenoxy) is 2. The minimum Gasteiger partial charge on any atom is -0.493 e. The Morgan fingerprint density at radius 3 is 2.52 bits per heavy atom. The van der Waals surface area contributed by atoms with Gasteiger partial charge in [-0.15, -0.1) is 0 Å². The van der Waals surface area contributed by atoms with Crippen LogP contribution < -0.4 is 9.47 Å². The summed E-state index contributed by atoms with van der Waals surface area (Å²) in [5, 5.41) is 17.8. The third-order valence-electron chi connectivity index (χ3n) is 2.86. The highest BCUT2D eigenvalue weighted by Gasteiger charge is 2.09. The number of benzene rings is 2. The van der Waals surface area contributed by atoms with Crippen molar-refractivity contribution >= 4 is 0 Å². The van der Waals surface area contributed by atoms with Gasteiger partial charge < -0.3 is 9.47 Å². The van der Waals surface area contributed by atoms with Gasteiger partial charge in [-0.3, -0.25) is 0 Å². The standard InChI is InChI=1S/C16H11FN2O2/c1-20-16-6-11(8-18)2-5-15(16)21-10-13-7-14(17)4-3-12(13)9-19/h2-7H,10H2,1H3. The second kappa shape index (κ2) is 6.40. The molecule has 4 nitrogen and oxygen atoms in total. The van der Waals surface area contributed by atoms with Gasteiger partial charge >= 0.3 is 0 Å². The molecule has 0 amide bonds. The molecule has 0 aliphatic rings. The highest BCUT2D eigenvalue weighted by molar-refractivity contribution is 5.47. The predicted octanol–water partition coefficient (Wildman–Crippen LogP) is 3.16. The molecule has 2 aromatic carbocycles. The molecule has 2 aromatic rings. The predicted molar refractivity (Wildman–Crippen MR) is 73.2 cm³/mol. The lowest BCUT2D eigenvalue weighted by Gasteiger charge is -2.11. The zero-order valence-electron chi connectivity index (χ0n) is 11.3. The van der Waals surface area contributed by atoms with Crippen LogP contribution in [0.3, 0.4) is 0 Å². The van der Waals surface area contributed by atoms with E-state index in [0.29, 0.717) is 28.2 Å². The van der Waals surface area contributed by atoms with E-state index in [9.17, 15) is 4.39 Å². The molecule has 0 spiro atoms. The zero-order valence-corrected chi connectivity index (χ0v) is 11.3. The molecule has 0 bridgehead atoms. The van der Waals surface area contributed by atoms with Gasteiger partial charge in [0.2, 0.25) is 0 Å². The van der Waals surface area contributed by atoms with Crippen LogP contribution in [0.15, 0.2) is 36.4 Å². The lowest BCUT2D eigenvalue weighted by molar-refractivity contribution is 0.283. The molecule has 0 radical (unpaired) electrons. The summed E-state index contributed by atoms with van der Waals surface area (Å²) < 4.78 is 23.9. The van der Waals surface area contributed by atoms with Gasteiger partial charge in [-0.1, -0.05) is 0 Å². The summed E-state index contributed by atoms with van der Waals surface area (Å²) >= 11 is 0. The van der Waals surface area contributed by atoms with Crippen molar-refractivity contribution in [2.75, 3.05) is 7.11 Å². The highest BCUT2D eigenvalue weighted by atomic mass is 19.1. The van der Waals surface area contributed by atoms with Crippen molar-refractivity contribution in [2.45, 2.75) is 6.61 Å². The average Bonchev–Trinajstić information content (AvgIpc) is 2.52. The molecule has 0 fully saturated rings. The van der Waals surface area contributed by atoms with E-state index in [1.807, 2.05) is 12.1 Å².